The van der Waals surface area contributed by atoms with Crippen LogP contribution in [0.4, 0.5) is 4.39 Å². The van der Waals surface area contributed by atoms with E-state index < -0.39 is 0 Å². The number of benzene rings is 2. The first-order valence-electron chi connectivity index (χ1n) is 9.01. The molecule has 0 bridgehead atoms. The molecule has 3 rings (SSSR count). The molecule has 0 unspecified atom stereocenters. The highest BCUT2D eigenvalue weighted by Gasteiger charge is 2.20. The Labute approximate surface area is 155 Å². The Hall–Kier alpha value is -1.36. The summed E-state index contributed by atoms with van der Waals surface area (Å²) in [7, 11) is 0. The Morgan fingerprint density at radius 1 is 1.08 bits per heavy atom. The summed E-state index contributed by atoms with van der Waals surface area (Å²) >= 11 is 1.66. The Kier molecular flexibility index (Phi) is 6.51. The zero-order valence-electron chi connectivity index (χ0n) is 15.0. The van der Waals surface area contributed by atoms with E-state index in [1.165, 1.54) is 16.7 Å². The molecule has 1 fully saturated rings. The molecule has 0 aromatic heterocycles. The van der Waals surface area contributed by atoms with Crippen molar-refractivity contribution in [3.63, 3.8) is 0 Å². The summed E-state index contributed by atoms with van der Waals surface area (Å²) in [4.78, 5) is 2.53. The molecule has 2 aromatic carbocycles. The second-order valence-electron chi connectivity index (χ2n) is 6.89. The van der Waals surface area contributed by atoms with Crippen LogP contribution in [0.1, 0.15) is 48.4 Å². The minimum Gasteiger partial charge on any atom is -0.299 e. The van der Waals surface area contributed by atoms with Crippen molar-refractivity contribution in [2.45, 2.75) is 38.3 Å². The van der Waals surface area contributed by atoms with Crippen molar-refractivity contribution in [3.8, 4) is 0 Å². The first-order valence-corrected chi connectivity index (χ1v) is 10.2. The number of halogens is 1. The first kappa shape index (κ1) is 18.4. The lowest BCUT2D eigenvalue weighted by Crippen LogP contribution is -2.32. The monoisotopic (exact) mass is 358 g/mol. The number of hydrogen-bond donors (Lipinski definition) is 1. The topological polar surface area (TPSA) is 15.3 Å². The summed E-state index contributed by atoms with van der Waals surface area (Å²) < 4.78 is 16.4. The van der Waals surface area contributed by atoms with Gasteiger partial charge in [-0.2, -0.15) is 0 Å². The maximum absolute atomic E-state index is 13.1. The van der Waals surface area contributed by atoms with Crippen molar-refractivity contribution in [1.29, 1.82) is 0 Å². The van der Waals surface area contributed by atoms with Gasteiger partial charge in [0, 0.05) is 12.6 Å². The van der Waals surface area contributed by atoms with Gasteiger partial charge in [0.25, 0.3) is 0 Å². The van der Waals surface area contributed by atoms with Crippen LogP contribution in [0.2, 0.25) is 0 Å². The summed E-state index contributed by atoms with van der Waals surface area (Å²) in [6, 6.07) is 16.4. The summed E-state index contributed by atoms with van der Waals surface area (Å²) in [6.07, 6.45) is 4.36. The van der Waals surface area contributed by atoms with Crippen molar-refractivity contribution in [2.24, 2.45) is 0 Å². The average Bonchev–Trinajstić information content (AvgIpc) is 2.64. The third-order valence-electron chi connectivity index (χ3n) is 5.11. The van der Waals surface area contributed by atoms with Crippen LogP contribution in [-0.2, 0) is 6.54 Å². The fourth-order valence-corrected chi connectivity index (χ4v) is 4.06. The van der Waals surface area contributed by atoms with Crippen molar-refractivity contribution in [3.05, 3.63) is 71.0 Å². The molecule has 4 heteroatoms. The van der Waals surface area contributed by atoms with Gasteiger partial charge in [0.05, 0.1) is 0 Å². The zero-order valence-corrected chi connectivity index (χ0v) is 15.9. The first-order chi connectivity index (χ1) is 12.2. The van der Waals surface area contributed by atoms with Crippen LogP contribution in [-0.4, -0.2) is 24.2 Å². The van der Waals surface area contributed by atoms with E-state index in [-0.39, 0.29) is 5.82 Å². The Morgan fingerprint density at radius 3 is 2.32 bits per heavy atom. The zero-order chi connectivity index (χ0) is 17.6. The lowest BCUT2D eigenvalue weighted by molar-refractivity contribution is 0.204. The smallest absolute Gasteiger partial charge is 0.123 e. The molecule has 2 nitrogen and oxygen atoms in total. The maximum atomic E-state index is 13.1. The van der Waals surface area contributed by atoms with Gasteiger partial charge in [0.2, 0.25) is 0 Å². The molecule has 1 aliphatic heterocycles. The third kappa shape index (κ3) is 5.06. The maximum Gasteiger partial charge on any atom is 0.123 e. The SMILES string of the molecule is CSN[C@H](C)c1ccc(CN2CCC(c3ccc(F)cc3)CC2)cc1. The van der Waals surface area contributed by atoms with Gasteiger partial charge in [-0.15, -0.1) is 0 Å². The molecule has 0 saturated carbocycles. The molecule has 1 atom stereocenters. The van der Waals surface area contributed by atoms with E-state index in [9.17, 15) is 4.39 Å². The number of nitrogens with zero attached hydrogens (tertiary/aromatic N) is 1. The van der Waals surface area contributed by atoms with E-state index in [4.69, 9.17) is 0 Å². The molecule has 1 N–H and O–H groups in total. The highest BCUT2D eigenvalue weighted by Crippen LogP contribution is 2.29. The summed E-state index contributed by atoms with van der Waals surface area (Å²) in [6.45, 7) is 5.41. The fraction of sp³-hybridized carbons (Fsp3) is 0.429. The molecule has 0 spiro atoms. The molecule has 0 aliphatic carbocycles. The van der Waals surface area contributed by atoms with Gasteiger partial charge in [-0.25, -0.2) is 4.39 Å². The predicted octanol–water partition coefficient (Wildman–Crippen LogP) is 5.13. The van der Waals surface area contributed by atoms with E-state index >= 15 is 0 Å². The van der Waals surface area contributed by atoms with E-state index in [1.807, 2.05) is 12.1 Å². The van der Waals surface area contributed by atoms with Crippen LogP contribution < -0.4 is 4.72 Å². The van der Waals surface area contributed by atoms with Crippen molar-refractivity contribution >= 4 is 11.9 Å². The number of hydrogen-bond acceptors (Lipinski definition) is 3. The van der Waals surface area contributed by atoms with Crippen LogP contribution in [0.3, 0.4) is 0 Å². The van der Waals surface area contributed by atoms with Crippen LogP contribution >= 0.6 is 11.9 Å². The average molecular weight is 359 g/mol. The van der Waals surface area contributed by atoms with Gasteiger partial charge < -0.3 is 0 Å². The van der Waals surface area contributed by atoms with E-state index in [0.29, 0.717) is 12.0 Å². The van der Waals surface area contributed by atoms with Gasteiger partial charge >= 0.3 is 0 Å². The molecule has 134 valence electrons. The summed E-state index contributed by atoms with van der Waals surface area (Å²) in [5, 5.41) is 0. The minimum absolute atomic E-state index is 0.147. The highest BCUT2D eigenvalue weighted by atomic mass is 32.2. The summed E-state index contributed by atoms with van der Waals surface area (Å²) in [5.74, 6) is 0.421. The Bertz CT molecular complexity index is 649. The second kappa shape index (κ2) is 8.84. The van der Waals surface area contributed by atoms with Gasteiger partial charge in [-0.1, -0.05) is 48.3 Å². The van der Waals surface area contributed by atoms with Gasteiger partial charge in [0.1, 0.15) is 5.82 Å². The second-order valence-corrected chi connectivity index (χ2v) is 7.53. The molecule has 1 saturated heterocycles. The van der Waals surface area contributed by atoms with E-state index in [1.54, 1.807) is 24.1 Å². The molecule has 2 aromatic rings. The van der Waals surface area contributed by atoms with Crippen LogP contribution in [0.25, 0.3) is 0 Å². The number of rotatable bonds is 6. The Morgan fingerprint density at radius 2 is 1.72 bits per heavy atom. The molecule has 25 heavy (non-hydrogen) atoms. The van der Waals surface area contributed by atoms with Gasteiger partial charge in [-0.3, -0.25) is 9.62 Å². The van der Waals surface area contributed by atoms with Crippen LogP contribution in [0.5, 0.6) is 0 Å². The Balaban J connectivity index is 1.51. The number of piperidine rings is 1. The molecular formula is C21H27FN2S. The fourth-order valence-electron chi connectivity index (χ4n) is 3.57. The van der Waals surface area contributed by atoms with E-state index in [0.717, 1.165) is 32.5 Å². The largest absolute Gasteiger partial charge is 0.299 e. The van der Waals surface area contributed by atoms with Crippen molar-refractivity contribution in [2.75, 3.05) is 19.3 Å². The molecule has 1 aliphatic rings. The van der Waals surface area contributed by atoms with Crippen molar-refractivity contribution < 1.29 is 4.39 Å². The van der Waals surface area contributed by atoms with Gasteiger partial charge in [0.15, 0.2) is 0 Å². The normalized spacial score (nSPS) is 17.6. The number of nitrogens with one attached hydrogen (secondary N) is 1. The molecule has 1 heterocycles. The van der Waals surface area contributed by atoms with Crippen molar-refractivity contribution in [1.82, 2.24) is 9.62 Å². The quantitative estimate of drug-likeness (QED) is 0.720. The molecular weight excluding hydrogens is 331 g/mol. The van der Waals surface area contributed by atoms with Gasteiger partial charge in [-0.05, 0) is 73.9 Å². The highest BCUT2D eigenvalue weighted by molar-refractivity contribution is 7.96. The molecule has 0 radical (unpaired) electrons. The molecule has 0 amide bonds. The van der Waals surface area contributed by atoms with Crippen LogP contribution in [0, 0.1) is 5.82 Å². The number of likely N-dealkylation sites (tertiary alicyclic amines) is 1. The standard InChI is InChI=1S/C21H27FN2S/c1-16(23-25-2)18-5-3-17(4-6-18)15-24-13-11-20(12-14-24)19-7-9-21(22)10-8-19/h3-10,16,20,23H,11-15H2,1-2H3/t16-/m1/s1. The lowest BCUT2D eigenvalue weighted by atomic mass is 9.89. The third-order valence-corrected chi connectivity index (χ3v) is 5.70. The summed E-state index contributed by atoms with van der Waals surface area (Å²) in [5.41, 5.74) is 3.98. The van der Waals surface area contributed by atoms with E-state index in [2.05, 4.69) is 47.1 Å². The predicted molar refractivity (Wildman–Crippen MR) is 105 cm³/mol. The minimum atomic E-state index is -0.147. The van der Waals surface area contributed by atoms with Crippen LogP contribution in [0.15, 0.2) is 48.5 Å². The lowest BCUT2D eigenvalue weighted by Gasteiger charge is -2.32.